The Morgan fingerprint density at radius 1 is 0.800 bits per heavy atom. The van der Waals surface area contributed by atoms with Crippen LogP contribution in [-0.4, -0.2) is 16.6 Å². The number of allylic oxidation sites excluding steroid dienone is 1. The molecular weight excluding hydrogens is 340 g/mol. The minimum atomic E-state index is -1.84. The van der Waals surface area contributed by atoms with E-state index in [2.05, 4.69) is 92.0 Å². The van der Waals surface area contributed by atoms with Crippen LogP contribution >= 0.6 is 0 Å². The van der Waals surface area contributed by atoms with Gasteiger partial charge in [-0.05, 0) is 54.8 Å². The zero-order chi connectivity index (χ0) is 19.3. The molecule has 0 atom stereocenters. The first kappa shape index (κ1) is 20.3. The van der Waals surface area contributed by atoms with Crippen LogP contribution in [0.15, 0.2) is 24.3 Å². The number of fused-ring (bicyclic) bond motifs is 1. The van der Waals surface area contributed by atoms with Crippen molar-refractivity contribution in [2.24, 2.45) is 0 Å². The molecule has 0 saturated heterocycles. The van der Waals surface area contributed by atoms with Crippen molar-refractivity contribution in [3.05, 3.63) is 35.4 Å². The molecule has 1 aromatic carbocycles. The van der Waals surface area contributed by atoms with Gasteiger partial charge in [-0.15, -0.1) is 0 Å². The van der Waals surface area contributed by atoms with Crippen molar-refractivity contribution in [1.82, 2.24) is 0 Å². The summed E-state index contributed by atoms with van der Waals surface area (Å²) in [6, 6.07) is 6.41. The SMILES string of the molecule is CC(C)(C)[Si](C)(C)OC1=CCc2c(O[Si](C)(C)C(C)(C)C)cccc21. The molecule has 4 heteroatoms. The maximum atomic E-state index is 6.62. The second-order valence-corrected chi connectivity index (χ2v) is 19.7. The van der Waals surface area contributed by atoms with Gasteiger partial charge < -0.3 is 8.85 Å². The van der Waals surface area contributed by atoms with Gasteiger partial charge in [-0.25, -0.2) is 0 Å². The quantitative estimate of drug-likeness (QED) is 0.527. The van der Waals surface area contributed by atoms with Crippen LogP contribution in [0, 0.1) is 0 Å². The summed E-state index contributed by atoms with van der Waals surface area (Å²) in [7, 11) is -3.68. The molecule has 25 heavy (non-hydrogen) atoms. The minimum absolute atomic E-state index is 0.197. The molecule has 0 bridgehead atoms. The van der Waals surface area contributed by atoms with Gasteiger partial charge in [0.25, 0.3) is 0 Å². The molecule has 1 aliphatic rings. The monoisotopic (exact) mass is 376 g/mol. The van der Waals surface area contributed by atoms with E-state index in [9.17, 15) is 0 Å². The Balaban J connectivity index is 2.30. The second-order valence-electron chi connectivity index (χ2n) is 10.3. The van der Waals surface area contributed by atoms with Crippen LogP contribution in [0.2, 0.25) is 36.3 Å². The smallest absolute Gasteiger partial charge is 0.250 e. The Morgan fingerprint density at radius 2 is 1.32 bits per heavy atom. The fourth-order valence-electron chi connectivity index (χ4n) is 2.36. The summed E-state index contributed by atoms with van der Waals surface area (Å²) in [6.45, 7) is 22.9. The lowest BCUT2D eigenvalue weighted by atomic mass is 10.1. The fourth-order valence-corrected chi connectivity index (χ4v) is 4.46. The molecule has 0 heterocycles. The lowest BCUT2D eigenvalue weighted by molar-refractivity contribution is 0.458. The van der Waals surface area contributed by atoms with E-state index in [0.717, 1.165) is 17.9 Å². The molecule has 0 saturated carbocycles. The van der Waals surface area contributed by atoms with Crippen molar-refractivity contribution in [1.29, 1.82) is 0 Å². The number of hydrogen-bond acceptors (Lipinski definition) is 2. The maximum absolute atomic E-state index is 6.62. The zero-order valence-electron chi connectivity index (χ0n) is 17.8. The van der Waals surface area contributed by atoms with Crippen LogP contribution in [0.3, 0.4) is 0 Å². The Bertz CT molecular complexity index is 674. The second kappa shape index (κ2) is 6.31. The summed E-state index contributed by atoms with van der Waals surface area (Å²) in [5.41, 5.74) is 2.52. The largest absolute Gasteiger partial charge is 0.543 e. The van der Waals surface area contributed by atoms with Gasteiger partial charge in [-0.2, -0.15) is 0 Å². The van der Waals surface area contributed by atoms with Crippen LogP contribution in [-0.2, 0) is 10.8 Å². The van der Waals surface area contributed by atoms with Crippen LogP contribution in [0.5, 0.6) is 5.75 Å². The minimum Gasteiger partial charge on any atom is -0.543 e. The standard InChI is InChI=1S/C21H36O2Si2/c1-20(2,3)24(7,8)22-18-13-11-12-16-17(18)14-15-19(16)23-25(9,10)21(4,5)6/h11-13,15H,14H2,1-10H3. The van der Waals surface area contributed by atoms with Gasteiger partial charge in [-0.1, -0.05) is 53.7 Å². The van der Waals surface area contributed by atoms with Crippen LogP contribution in [0.1, 0.15) is 52.7 Å². The van der Waals surface area contributed by atoms with Gasteiger partial charge in [-0.3, -0.25) is 0 Å². The van der Waals surface area contributed by atoms with E-state index in [1.165, 1.54) is 11.1 Å². The predicted molar refractivity (Wildman–Crippen MR) is 114 cm³/mol. The molecule has 1 aromatic rings. The van der Waals surface area contributed by atoms with E-state index in [-0.39, 0.29) is 10.1 Å². The topological polar surface area (TPSA) is 18.5 Å². The third-order valence-corrected chi connectivity index (χ3v) is 14.9. The Kier molecular flexibility index (Phi) is 5.12. The molecule has 0 aliphatic heterocycles. The zero-order valence-corrected chi connectivity index (χ0v) is 19.8. The van der Waals surface area contributed by atoms with E-state index >= 15 is 0 Å². The van der Waals surface area contributed by atoms with Gasteiger partial charge in [0.2, 0.25) is 16.6 Å². The first-order valence-electron chi connectivity index (χ1n) is 9.36. The number of benzene rings is 1. The fraction of sp³-hybridized carbons (Fsp3) is 0.619. The van der Waals surface area contributed by atoms with Gasteiger partial charge in [0, 0.05) is 11.1 Å². The van der Waals surface area contributed by atoms with E-state index in [1.54, 1.807) is 0 Å². The average Bonchev–Trinajstić information content (AvgIpc) is 2.79. The van der Waals surface area contributed by atoms with E-state index < -0.39 is 16.6 Å². The Labute approximate surface area is 156 Å². The molecule has 0 spiro atoms. The lowest BCUT2D eigenvalue weighted by Gasteiger charge is -2.38. The predicted octanol–water partition coefficient (Wildman–Crippen LogP) is 6.99. The average molecular weight is 377 g/mol. The highest BCUT2D eigenvalue weighted by Gasteiger charge is 2.41. The normalized spacial score (nSPS) is 15.7. The summed E-state index contributed by atoms with van der Waals surface area (Å²) in [5, 5.41) is 0.397. The number of rotatable bonds is 4. The highest BCUT2D eigenvalue weighted by Crippen LogP contribution is 2.44. The van der Waals surface area contributed by atoms with Crippen molar-refractivity contribution >= 4 is 22.4 Å². The summed E-state index contributed by atoms with van der Waals surface area (Å²) in [6.07, 6.45) is 3.15. The van der Waals surface area contributed by atoms with Crippen molar-refractivity contribution in [2.45, 2.75) is 84.2 Å². The molecule has 0 amide bonds. The van der Waals surface area contributed by atoms with Gasteiger partial charge in [0.1, 0.15) is 11.5 Å². The Hall–Kier alpha value is -1.01. The molecule has 0 aromatic heterocycles. The summed E-state index contributed by atoms with van der Waals surface area (Å²) >= 11 is 0. The molecule has 0 radical (unpaired) electrons. The molecule has 1 aliphatic carbocycles. The van der Waals surface area contributed by atoms with E-state index in [4.69, 9.17) is 8.85 Å². The van der Waals surface area contributed by atoms with Crippen molar-refractivity contribution in [3.63, 3.8) is 0 Å². The summed E-state index contributed by atoms with van der Waals surface area (Å²) in [4.78, 5) is 0. The molecule has 140 valence electrons. The Morgan fingerprint density at radius 3 is 1.84 bits per heavy atom. The van der Waals surface area contributed by atoms with Crippen LogP contribution in [0.25, 0.3) is 5.76 Å². The molecule has 2 rings (SSSR count). The molecule has 0 fully saturated rings. The first-order chi connectivity index (χ1) is 11.2. The molecule has 0 N–H and O–H groups in total. The van der Waals surface area contributed by atoms with Gasteiger partial charge >= 0.3 is 0 Å². The van der Waals surface area contributed by atoms with Gasteiger partial charge in [0.05, 0.1) is 0 Å². The molecule has 0 unspecified atom stereocenters. The van der Waals surface area contributed by atoms with Crippen LogP contribution in [0.4, 0.5) is 0 Å². The first-order valence-corrected chi connectivity index (χ1v) is 15.2. The van der Waals surface area contributed by atoms with Gasteiger partial charge in [0.15, 0.2) is 0 Å². The third-order valence-electron chi connectivity index (χ3n) is 6.23. The lowest BCUT2D eigenvalue weighted by Crippen LogP contribution is -2.44. The van der Waals surface area contributed by atoms with Crippen molar-refractivity contribution in [3.8, 4) is 5.75 Å². The molecule has 2 nitrogen and oxygen atoms in total. The summed E-state index contributed by atoms with van der Waals surface area (Å²) in [5.74, 6) is 2.11. The van der Waals surface area contributed by atoms with Crippen LogP contribution < -0.4 is 4.43 Å². The van der Waals surface area contributed by atoms with Crippen molar-refractivity contribution < 1.29 is 8.85 Å². The van der Waals surface area contributed by atoms with E-state index in [1.807, 2.05) is 0 Å². The summed E-state index contributed by atoms with van der Waals surface area (Å²) < 4.78 is 13.2. The highest BCUT2D eigenvalue weighted by atomic mass is 28.4. The third kappa shape index (κ3) is 4.05. The highest BCUT2D eigenvalue weighted by molar-refractivity contribution is 6.75. The molecular formula is C21H36O2Si2. The maximum Gasteiger partial charge on any atom is 0.250 e. The van der Waals surface area contributed by atoms with Crippen molar-refractivity contribution in [2.75, 3.05) is 0 Å². The number of hydrogen-bond donors (Lipinski definition) is 0. The van der Waals surface area contributed by atoms with E-state index in [0.29, 0.717) is 0 Å².